The van der Waals surface area contributed by atoms with Gasteiger partial charge >= 0.3 is 0 Å². The van der Waals surface area contributed by atoms with Gasteiger partial charge in [0.25, 0.3) is 0 Å². The van der Waals surface area contributed by atoms with Crippen molar-refractivity contribution >= 4 is 11.6 Å². The van der Waals surface area contributed by atoms with E-state index in [9.17, 15) is 0 Å². The largest absolute Gasteiger partial charge is 0.299 e. The first kappa shape index (κ1) is 11.9. The molecule has 3 heterocycles. The zero-order chi connectivity index (χ0) is 13.4. The van der Waals surface area contributed by atoms with Crippen molar-refractivity contribution in [2.45, 2.75) is 13.8 Å². The van der Waals surface area contributed by atoms with Crippen LogP contribution in [0.1, 0.15) is 11.6 Å². The summed E-state index contributed by atoms with van der Waals surface area (Å²) >= 11 is 6.34. The number of nitrogens with zero attached hydrogens (tertiary/aromatic N) is 5. The molecule has 96 valence electrons. The van der Waals surface area contributed by atoms with Gasteiger partial charge in [0, 0.05) is 31.0 Å². The maximum Gasteiger partial charge on any atom is 0.164 e. The average molecular weight is 274 g/mol. The van der Waals surface area contributed by atoms with E-state index < -0.39 is 0 Å². The summed E-state index contributed by atoms with van der Waals surface area (Å²) in [5.74, 6) is 2.45. The summed E-state index contributed by atoms with van der Waals surface area (Å²) < 4.78 is 3.82. The Balaban J connectivity index is 2.31. The highest BCUT2D eigenvalue weighted by Gasteiger charge is 2.15. The smallest absolute Gasteiger partial charge is 0.164 e. The molecule has 3 rings (SSSR count). The molecule has 0 radical (unpaired) electrons. The number of aryl methyl sites for hydroxylation is 2. The number of rotatable bonds is 2. The first-order valence-electron chi connectivity index (χ1n) is 5.83. The Kier molecular flexibility index (Phi) is 2.83. The van der Waals surface area contributed by atoms with E-state index in [1.165, 1.54) is 0 Å². The van der Waals surface area contributed by atoms with Gasteiger partial charge < -0.3 is 0 Å². The van der Waals surface area contributed by atoms with Gasteiger partial charge in [-0.2, -0.15) is 0 Å². The minimum absolute atomic E-state index is 0.624. The molecule has 0 aliphatic carbocycles. The van der Waals surface area contributed by atoms with E-state index in [4.69, 9.17) is 11.6 Å². The minimum Gasteiger partial charge on any atom is -0.299 e. The van der Waals surface area contributed by atoms with E-state index in [0.717, 1.165) is 23.2 Å². The number of hydrogen-bond donors (Lipinski definition) is 0. The molecule has 0 unspecified atom stereocenters. The molecule has 0 amide bonds. The molecule has 6 heteroatoms. The fourth-order valence-corrected chi connectivity index (χ4v) is 2.27. The van der Waals surface area contributed by atoms with Crippen LogP contribution in [0, 0.1) is 13.8 Å². The molecule has 0 atom stereocenters. The zero-order valence-electron chi connectivity index (χ0n) is 10.6. The van der Waals surface area contributed by atoms with E-state index >= 15 is 0 Å². The van der Waals surface area contributed by atoms with Crippen LogP contribution in [0.2, 0.25) is 5.02 Å². The van der Waals surface area contributed by atoms with E-state index in [1.807, 2.05) is 35.4 Å². The van der Waals surface area contributed by atoms with Crippen LogP contribution in [0.5, 0.6) is 0 Å². The third kappa shape index (κ3) is 1.92. The maximum atomic E-state index is 6.34. The number of pyridine rings is 1. The van der Waals surface area contributed by atoms with Gasteiger partial charge in [0.15, 0.2) is 5.82 Å². The second-order valence-electron chi connectivity index (χ2n) is 4.15. The molecule has 5 nitrogen and oxygen atoms in total. The van der Waals surface area contributed by atoms with Crippen molar-refractivity contribution in [3.63, 3.8) is 0 Å². The van der Waals surface area contributed by atoms with Crippen LogP contribution in [0.25, 0.3) is 11.5 Å². The van der Waals surface area contributed by atoms with Crippen LogP contribution in [-0.2, 0) is 0 Å². The second kappa shape index (κ2) is 4.51. The van der Waals surface area contributed by atoms with Crippen LogP contribution in [0.3, 0.4) is 0 Å². The zero-order valence-corrected chi connectivity index (χ0v) is 11.3. The molecule has 19 heavy (non-hydrogen) atoms. The molecule has 0 saturated carbocycles. The summed E-state index contributed by atoms with van der Waals surface area (Å²) in [6.07, 6.45) is 8.90. The summed E-state index contributed by atoms with van der Waals surface area (Å²) in [7, 11) is 0. The second-order valence-corrected chi connectivity index (χ2v) is 4.56. The number of imidazole rings is 2. The molecule has 0 aliphatic rings. The molecule has 3 aromatic heterocycles. The molecule has 0 bridgehead atoms. The Morgan fingerprint density at radius 3 is 2.11 bits per heavy atom. The van der Waals surface area contributed by atoms with Crippen molar-refractivity contribution in [2.75, 3.05) is 0 Å². The molecule has 3 aromatic rings. The molecule has 0 saturated heterocycles. The highest BCUT2D eigenvalue weighted by Crippen LogP contribution is 2.27. The van der Waals surface area contributed by atoms with Gasteiger partial charge in [0.05, 0.1) is 5.02 Å². The topological polar surface area (TPSA) is 48.5 Å². The predicted molar refractivity (Wildman–Crippen MR) is 73.0 cm³/mol. The normalized spacial score (nSPS) is 10.9. The number of hydrogen-bond acceptors (Lipinski definition) is 3. The molecule has 0 aliphatic heterocycles. The van der Waals surface area contributed by atoms with Crippen molar-refractivity contribution in [3.05, 3.63) is 53.7 Å². The van der Waals surface area contributed by atoms with Crippen LogP contribution >= 0.6 is 11.6 Å². The standard InChI is InChI=1S/C13H12ClN5/c1-9-15-5-7-18(9)12-11(14)3-4-17-13(12)19-8-6-16-10(19)2/h3-8H,1-2H3. The Morgan fingerprint density at radius 2 is 1.53 bits per heavy atom. The quantitative estimate of drug-likeness (QED) is 0.721. The third-order valence-electron chi connectivity index (χ3n) is 2.98. The van der Waals surface area contributed by atoms with Gasteiger partial charge in [-0.05, 0) is 19.9 Å². The first-order valence-corrected chi connectivity index (χ1v) is 6.21. The van der Waals surface area contributed by atoms with Crippen molar-refractivity contribution < 1.29 is 0 Å². The van der Waals surface area contributed by atoms with Crippen LogP contribution in [-0.4, -0.2) is 24.1 Å². The lowest BCUT2D eigenvalue weighted by Crippen LogP contribution is -2.07. The highest BCUT2D eigenvalue weighted by atomic mass is 35.5. The van der Waals surface area contributed by atoms with E-state index in [0.29, 0.717) is 5.02 Å². The summed E-state index contributed by atoms with van der Waals surface area (Å²) in [5.41, 5.74) is 0.806. The van der Waals surface area contributed by atoms with Gasteiger partial charge in [0.1, 0.15) is 17.3 Å². The minimum atomic E-state index is 0.624. The maximum absolute atomic E-state index is 6.34. The molecule has 0 fully saturated rings. The third-order valence-corrected chi connectivity index (χ3v) is 3.28. The summed E-state index contributed by atoms with van der Waals surface area (Å²) in [6, 6.07) is 1.77. The fraction of sp³-hybridized carbons (Fsp3) is 0.154. The Labute approximate surface area is 115 Å². The van der Waals surface area contributed by atoms with Gasteiger partial charge in [-0.15, -0.1) is 0 Å². The Bertz CT molecular complexity index is 728. The van der Waals surface area contributed by atoms with Crippen molar-refractivity contribution in [3.8, 4) is 11.5 Å². The van der Waals surface area contributed by atoms with Crippen molar-refractivity contribution in [2.24, 2.45) is 0 Å². The Morgan fingerprint density at radius 1 is 0.895 bits per heavy atom. The molecule has 0 N–H and O–H groups in total. The van der Waals surface area contributed by atoms with Gasteiger partial charge in [0.2, 0.25) is 0 Å². The van der Waals surface area contributed by atoms with Crippen LogP contribution in [0.4, 0.5) is 0 Å². The first-order chi connectivity index (χ1) is 9.18. The number of aromatic nitrogens is 5. The summed E-state index contributed by atoms with van der Waals surface area (Å²) in [5, 5.41) is 0.624. The molecule has 0 spiro atoms. The lowest BCUT2D eigenvalue weighted by molar-refractivity contribution is 0.885. The number of halogens is 1. The Hall–Kier alpha value is -2.14. The monoisotopic (exact) mass is 273 g/mol. The lowest BCUT2D eigenvalue weighted by Gasteiger charge is -2.14. The molecular formula is C13H12ClN5. The molecule has 0 aromatic carbocycles. The lowest BCUT2D eigenvalue weighted by atomic mass is 10.3. The average Bonchev–Trinajstić information content (AvgIpc) is 2.98. The summed E-state index contributed by atoms with van der Waals surface area (Å²) in [4.78, 5) is 12.9. The van der Waals surface area contributed by atoms with E-state index in [2.05, 4.69) is 15.0 Å². The van der Waals surface area contributed by atoms with E-state index in [1.54, 1.807) is 24.7 Å². The SMILES string of the molecule is Cc1nccn1-c1nccc(Cl)c1-n1ccnc1C. The van der Waals surface area contributed by atoms with Crippen molar-refractivity contribution in [1.82, 2.24) is 24.1 Å². The van der Waals surface area contributed by atoms with E-state index in [-0.39, 0.29) is 0 Å². The van der Waals surface area contributed by atoms with Gasteiger partial charge in [-0.3, -0.25) is 9.13 Å². The van der Waals surface area contributed by atoms with Crippen LogP contribution < -0.4 is 0 Å². The predicted octanol–water partition coefficient (Wildman–Crippen LogP) is 2.72. The molecular weight excluding hydrogens is 262 g/mol. The van der Waals surface area contributed by atoms with Crippen molar-refractivity contribution in [1.29, 1.82) is 0 Å². The van der Waals surface area contributed by atoms with Gasteiger partial charge in [-0.25, -0.2) is 15.0 Å². The fourth-order valence-electron chi connectivity index (χ4n) is 2.04. The van der Waals surface area contributed by atoms with Gasteiger partial charge in [-0.1, -0.05) is 11.6 Å². The summed E-state index contributed by atoms with van der Waals surface area (Å²) in [6.45, 7) is 3.85. The highest BCUT2D eigenvalue weighted by molar-refractivity contribution is 6.32. The van der Waals surface area contributed by atoms with Crippen LogP contribution in [0.15, 0.2) is 37.1 Å².